The maximum Gasteiger partial charge on any atom is 0.191 e. The Bertz CT molecular complexity index is 472. The molecule has 25 heavy (non-hydrogen) atoms. The molecule has 0 radical (unpaired) electrons. The third kappa shape index (κ3) is 9.82. The molecule has 0 aliphatic heterocycles. The first kappa shape index (κ1) is 21.9. The summed E-state index contributed by atoms with van der Waals surface area (Å²) in [6.07, 6.45) is 6.26. The number of aliphatic imine (C=N–C) groups is 1. The summed E-state index contributed by atoms with van der Waals surface area (Å²) in [5.41, 5.74) is 0.00393. The van der Waals surface area contributed by atoms with Crippen LogP contribution < -0.4 is 10.6 Å². The van der Waals surface area contributed by atoms with E-state index in [-0.39, 0.29) is 0 Å². The minimum absolute atomic E-state index is 0.351. The summed E-state index contributed by atoms with van der Waals surface area (Å²) in [5.74, 6) is 0.783. The maximum absolute atomic E-state index is 10.6. The Balaban J connectivity index is 2.27. The molecule has 1 aromatic heterocycles. The van der Waals surface area contributed by atoms with Crippen molar-refractivity contribution in [2.24, 2.45) is 4.99 Å². The van der Waals surface area contributed by atoms with Crippen molar-refractivity contribution in [2.45, 2.75) is 51.6 Å². The molecule has 0 spiro atoms. The van der Waals surface area contributed by atoms with Gasteiger partial charge in [-0.1, -0.05) is 19.3 Å². The van der Waals surface area contributed by atoms with Crippen molar-refractivity contribution in [1.29, 1.82) is 0 Å². The molecular weight excluding hydrogens is 332 g/mol. The summed E-state index contributed by atoms with van der Waals surface area (Å²) in [6, 6.07) is 1.96. The molecule has 0 saturated carbocycles. The highest BCUT2D eigenvalue weighted by Gasteiger charge is 2.23. The molecule has 144 valence electrons. The molecular formula is C19H36N4OS. The van der Waals surface area contributed by atoms with Gasteiger partial charge in [0.2, 0.25) is 0 Å². The van der Waals surface area contributed by atoms with Crippen molar-refractivity contribution in [3.8, 4) is 0 Å². The molecule has 0 fully saturated rings. The minimum atomic E-state index is -0.922. The van der Waals surface area contributed by atoms with Crippen LogP contribution in [0, 0.1) is 0 Å². The number of guanidine groups is 1. The smallest absolute Gasteiger partial charge is 0.191 e. The molecule has 1 aromatic rings. The first-order chi connectivity index (χ1) is 12.0. The summed E-state index contributed by atoms with van der Waals surface area (Å²) >= 11 is 1.59. The number of nitrogens with zero attached hydrogens (tertiary/aromatic N) is 2. The topological polar surface area (TPSA) is 59.9 Å². The van der Waals surface area contributed by atoms with E-state index in [0.717, 1.165) is 31.0 Å². The summed E-state index contributed by atoms with van der Waals surface area (Å²) in [6.45, 7) is 7.13. The number of hydrogen-bond donors (Lipinski definition) is 3. The van der Waals surface area contributed by atoms with Crippen molar-refractivity contribution in [3.05, 3.63) is 22.4 Å². The Morgan fingerprint density at radius 3 is 2.56 bits per heavy atom. The molecule has 0 aliphatic rings. The second kappa shape index (κ2) is 12.3. The Labute approximate surface area is 157 Å². The van der Waals surface area contributed by atoms with E-state index in [9.17, 15) is 5.11 Å². The normalized spacial score (nSPS) is 14.6. The predicted molar refractivity (Wildman–Crippen MR) is 110 cm³/mol. The zero-order chi connectivity index (χ0) is 18.5. The van der Waals surface area contributed by atoms with Gasteiger partial charge < -0.3 is 20.6 Å². The Morgan fingerprint density at radius 2 is 1.92 bits per heavy atom. The summed E-state index contributed by atoms with van der Waals surface area (Å²) in [7, 11) is 4.25. The number of aliphatic hydroxyl groups is 1. The van der Waals surface area contributed by atoms with Crippen LogP contribution in [-0.4, -0.2) is 56.2 Å². The van der Waals surface area contributed by atoms with E-state index in [2.05, 4.69) is 41.5 Å². The lowest BCUT2D eigenvalue weighted by atomic mass is 10.00. The van der Waals surface area contributed by atoms with Crippen molar-refractivity contribution < 1.29 is 5.11 Å². The van der Waals surface area contributed by atoms with Crippen molar-refractivity contribution in [2.75, 3.05) is 40.3 Å². The van der Waals surface area contributed by atoms with Gasteiger partial charge in [-0.05, 0) is 69.7 Å². The van der Waals surface area contributed by atoms with Crippen LogP contribution in [0.15, 0.2) is 21.8 Å². The van der Waals surface area contributed by atoms with Gasteiger partial charge in [0.25, 0.3) is 0 Å². The quantitative estimate of drug-likeness (QED) is 0.301. The fraction of sp³-hybridized carbons (Fsp3) is 0.737. The molecule has 3 N–H and O–H groups in total. The van der Waals surface area contributed by atoms with Crippen LogP contribution in [0.4, 0.5) is 0 Å². The first-order valence-corrected chi connectivity index (χ1v) is 10.3. The largest absolute Gasteiger partial charge is 0.383 e. The monoisotopic (exact) mass is 368 g/mol. The predicted octanol–water partition coefficient (Wildman–Crippen LogP) is 3.02. The van der Waals surface area contributed by atoms with E-state index in [0.29, 0.717) is 6.54 Å². The van der Waals surface area contributed by atoms with Crippen LogP contribution in [-0.2, 0) is 5.60 Å². The summed E-state index contributed by atoms with van der Waals surface area (Å²) in [5, 5.41) is 21.1. The lowest BCUT2D eigenvalue weighted by Crippen LogP contribution is -2.39. The van der Waals surface area contributed by atoms with Crippen molar-refractivity contribution >= 4 is 17.3 Å². The number of hydrogen-bond acceptors (Lipinski definition) is 4. The molecule has 0 bridgehead atoms. The minimum Gasteiger partial charge on any atom is -0.383 e. The average molecular weight is 369 g/mol. The highest BCUT2D eigenvalue weighted by Crippen LogP contribution is 2.23. The number of rotatable bonds is 12. The van der Waals surface area contributed by atoms with Crippen LogP contribution >= 0.6 is 11.3 Å². The molecule has 1 rings (SSSR count). The molecule has 1 heterocycles. The lowest BCUT2D eigenvalue weighted by molar-refractivity contribution is 0.0677. The number of nitrogens with one attached hydrogen (secondary N) is 2. The van der Waals surface area contributed by atoms with Crippen molar-refractivity contribution in [3.63, 3.8) is 0 Å². The second-order valence-corrected chi connectivity index (χ2v) is 7.76. The highest BCUT2D eigenvalue weighted by atomic mass is 32.1. The SMILES string of the molecule is CCNC(=NCC(C)(O)c1ccsc1)NCCCCCCCN(C)C. The Hall–Kier alpha value is -1.11. The van der Waals surface area contributed by atoms with Gasteiger partial charge in [0, 0.05) is 13.1 Å². The van der Waals surface area contributed by atoms with E-state index >= 15 is 0 Å². The molecule has 1 atom stereocenters. The van der Waals surface area contributed by atoms with Crippen LogP contribution in [0.1, 0.15) is 51.5 Å². The zero-order valence-electron chi connectivity index (χ0n) is 16.3. The third-order valence-corrected chi connectivity index (χ3v) is 4.79. The fourth-order valence-corrected chi connectivity index (χ4v) is 3.31. The number of unbranched alkanes of at least 4 members (excludes halogenated alkanes) is 4. The third-order valence-electron chi connectivity index (χ3n) is 4.11. The van der Waals surface area contributed by atoms with Gasteiger partial charge in [-0.3, -0.25) is 0 Å². The molecule has 0 aromatic carbocycles. The Morgan fingerprint density at radius 1 is 1.20 bits per heavy atom. The second-order valence-electron chi connectivity index (χ2n) is 6.98. The van der Waals surface area contributed by atoms with E-state index < -0.39 is 5.60 Å². The molecule has 0 saturated heterocycles. The maximum atomic E-state index is 10.6. The van der Waals surface area contributed by atoms with E-state index in [4.69, 9.17) is 0 Å². The molecule has 1 unspecified atom stereocenters. The van der Waals surface area contributed by atoms with Crippen LogP contribution in [0.5, 0.6) is 0 Å². The lowest BCUT2D eigenvalue weighted by Gasteiger charge is -2.21. The zero-order valence-corrected chi connectivity index (χ0v) is 17.2. The fourth-order valence-electron chi connectivity index (χ4n) is 2.53. The van der Waals surface area contributed by atoms with E-state index in [1.807, 2.05) is 23.8 Å². The summed E-state index contributed by atoms with van der Waals surface area (Å²) in [4.78, 5) is 6.79. The van der Waals surface area contributed by atoms with Gasteiger partial charge in [0.1, 0.15) is 5.60 Å². The van der Waals surface area contributed by atoms with Gasteiger partial charge in [-0.25, -0.2) is 4.99 Å². The van der Waals surface area contributed by atoms with Crippen LogP contribution in [0.25, 0.3) is 0 Å². The van der Waals surface area contributed by atoms with E-state index in [1.165, 1.54) is 32.2 Å². The molecule has 0 amide bonds. The van der Waals surface area contributed by atoms with Gasteiger partial charge in [-0.2, -0.15) is 11.3 Å². The molecule has 0 aliphatic carbocycles. The summed E-state index contributed by atoms with van der Waals surface area (Å²) < 4.78 is 0. The van der Waals surface area contributed by atoms with Crippen LogP contribution in [0.2, 0.25) is 0 Å². The van der Waals surface area contributed by atoms with E-state index in [1.54, 1.807) is 11.3 Å². The highest BCUT2D eigenvalue weighted by molar-refractivity contribution is 7.08. The van der Waals surface area contributed by atoms with Crippen molar-refractivity contribution in [1.82, 2.24) is 15.5 Å². The molecule has 5 nitrogen and oxygen atoms in total. The van der Waals surface area contributed by atoms with Gasteiger partial charge in [-0.15, -0.1) is 0 Å². The average Bonchev–Trinajstić information content (AvgIpc) is 3.10. The first-order valence-electron chi connectivity index (χ1n) is 9.37. The van der Waals surface area contributed by atoms with Crippen LogP contribution in [0.3, 0.4) is 0 Å². The van der Waals surface area contributed by atoms with Gasteiger partial charge >= 0.3 is 0 Å². The Kier molecular flexibility index (Phi) is 10.8. The standard InChI is InChI=1S/C19H36N4OS/c1-5-20-18(21-12-9-7-6-8-10-13-23(3)4)22-16-19(2,24)17-11-14-25-15-17/h11,14-15,24H,5-10,12-13,16H2,1-4H3,(H2,20,21,22). The number of thiophene rings is 1. The van der Waals surface area contributed by atoms with Gasteiger partial charge in [0.05, 0.1) is 6.54 Å². The molecule has 6 heteroatoms. The van der Waals surface area contributed by atoms with Gasteiger partial charge in [0.15, 0.2) is 5.96 Å².